The number of hydrogen-bond acceptors (Lipinski definition) is 4. The van der Waals surface area contributed by atoms with Crippen LogP contribution in [0.3, 0.4) is 0 Å². The van der Waals surface area contributed by atoms with Gasteiger partial charge in [-0.1, -0.05) is 0 Å². The van der Waals surface area contributed by atoms with Gasteiger partial charge in [0, 0.05) is 11.2 Å². The van der Waals surface area contributed by atoms with Crippen molar-refractivity contribution >= 4 is 22.7 Å². The SMILES string of the molecule is CC(Nc1ccc2oc(=O)[nH]c2c1)C(=O)NC(C)(C)C. The van der Waals surface area contributed by atoms with E-state index in [1.807, 2.05) is 20.8 Å². The van der Waals surface area contributed by atoms with Gasteiger partial charge in [-0.25, -0.2) is 4.79 Å². The van der Waals surface area contributed by atoms with Crippen LogP contribution in [0.25, 0.3) is 11.1 Å². The van der Waals surface area contributed by atoms with Gasteiger partial charge in [-0.3, -0.25) is 9.78 Å². The number of oxazole rings is 1. The molecule has 0 fully saturated rings. The van der Waals surface area contributed by atoms with Crippen molar-refractivity contribution < 1.29 is 9.21 Å². The first-order valence-electron chi connectivity index (χ1n) is 6.46. The van der Waals surface area contributed by atoms with E-state index in [-0.39, 0.29) is 17.5 Å². The van der Waals surface area contributed by atoms with Crippen LogP contribution in [0.5, 0.6) is 0 Å². The largest absolute Gasteiger partial charge is 0.417 e. The molecule has 0 saturated heterocycles. The zero-order valence-electron chi connectivity index (χ0n) is 12.0. The lowest BCUT2D eigenvalue weighted by molar-refractivity contribution is -0.122. The highest BCUT2D eigenvalue weighted by Crippen LogP contribution is 2.17. The molecule has 3 N–H and O–H groups in total. The first-order valence-corrected chi connectivity index (χ1v) is 6.46. The summed E-state index contributed by atoms with van der Waals surface area (Å²) in [5.74, 6) is -0.575. The quantitative estimate of drug-likeness (QED) is 0.799. The van der Waals surface area contributed by atoms with Crippen LogP contribution in [0.1, 0.15) is 27.7 Å². The maximum atomic E-state index is 12.0. The molecule has 0 saturated carbocycles. The third-order valence-corrected chi connectivity index (χ3v) is 2.69. The molecule has 0 spiro atoms. The number of benzene rings is 1. The molecule has 1 heterocycles. The summed E-state index contributed by atoms with van der Waals surface area (Å²) < 4.78 is 4.92. The fourth-order valence-electron chi connectivity index (χ4n) is 1.84. The Labute approximate surface area is 116 Å². The second kappa shape index (κ2) is 5.03. The fraction of sp³-hybridized carbons (Fsp3) is 0.429. The lowest BCUT2D eigenvalue weighted by Crippen LogP contribution is -2.47. The Morgan fingerprint density at radius 2 is 2.05 bits per heavy atom. The second-order valence-electron chi connectivity index (χ2n) is 5.83. The number of aromatic nitrogens is 1. The highest BCUT2D eigenvalue weighted by atomic mass is 16.4. The average molecular weight is 277 g/mol. The van der Waals surface area contributed by atoms with Gasteiger partial charge in [-0.2, -0.15) is 0 Å². The van der Waals surface area contributed by atoms with Crippen LogP contribution in [-0.4, -0.2) is 22.5 Å². The molecule has 6 nitrogen and oxygen atoms in total. The van der Waals surface area contributed by atoms with Crippen LogP contribution in [-0.2, 0) is 4.79 Å². The first kappa shape index (κ1) is 14.2. The Kier molecular flexibility index (Phi) is 3.57. The molecule has 6 heteroatoms. The summed E-state index contributed by atoms with van der Waals surface area (Å²) in [7, 11) is 0. The third kappa shape index (κ3) is 3.40. The highest BCUT2D eigenvalue weighted by Gasteiger charge is 2.19. The van der Waals surface area contributed by atoms with Gasteiger partial charge in [0.15, 0.2) is 5.58 Å². The highest BCUT2D eigenvalue weighted by molar-refractivity contribution is 5.85. The molecule has 2 aromatic rings. The summed E-state index contributed by atoms with van der Waals surface area (Å²) in [6.45, 7) is 7.57. The number of amides is 1. The molecule has 108 valence electrons. The number of H-pyrrole nitrogens is 1. The van der Waals surface area contributed by atoms with Crippen LogP contribution in [0.15, 0.2) is 27.4 Å². The van der Waals surface area contributed by atoms with E-state index in [1.54, 1.807) is 25.1 Å². The van der Waals surface area contributed by atoms with Crippen molar-refractivity contribution in [1.29, 1.82) is 0 Å². The molecule has 0 bridgehead atoms. The van der Waals surface area contributed by atoms with E-state index in [2.05, 4.69) is 15.6 Å². The number of carbonyl (C=O) groups excluding carboxylic acids is 1. The molecule has 2 rings (SSSR count). The van der Waals surface area contributed by atoms with E-state index in [9.17, 15) is 9.59 Å². The molecule has 1 aromatic heterocycles. The van der Waals surface area contributed by atoms with Crippen molar-refractivity contribution in [3.63, 3.8) is 0 Å². The summed E-state index contributed by atoms with van der Waals surface area (Å²) >= 11 is 0. The normalized spacial score (nSPS) is 13.2. The number of anilines is 1. The van der Waals surface area contributed by atoms with E-state index in [1.165, 1.54) is 0 Å². The Bertz CT molecular complexity index is 679. The van der Waals surface area contributed by atoms with Gasteiger partial charge < -0.3 is 15.1 Å². The third-order valence-electron chi connectivity index (χ3n) is 2.69. The summed E-state index contributed by atoms with van der Waals surface area (Å²) in [4.78, 5) is 25.6. The minimum Gasteiger partial charge on any atom is -0.408 e. The van der Waals surface area contributed by atoms with Gasteiger partial charge in [0.1, 0.15) is 6.04 Å². The van der Waals surface area contributed by atoms with Crippen molar-refractivity contribution in [2.75, 3.05) is 5.32 Å². The number of rotatable bonds is 3. The van der Waals surface area contributed by atoms with Gasteiger partial charge in [0.25, 0.3) is 0 Å². The predicted octanol–water partition coefficient (Wildman–Crippen LogP) is 1.84. The van der Waals surface area contributed by atoms with Crippen LogP contribution >= 0.6 is 0 Å². The molecule has 0 aliphatic heterocycles. The molecule has 0 aliphatic carbocycles. The fourth-order valence-corrected chi connectivity index (χ4v) is 1.84. The maximum Gasteiger partial charge on any atom is 0.417 e. The predicted molar refractivity (Wildman–Crippen MR) is 77.8 cm³/mol. The number of carbonyl (C=O) groups is 1. The lowest BCUT2D eigenvalue weighted by Gasteiger charge is -2.24. The van der Waals surface area contributed by atoms with E-state index in [0.717, 1.165) is 5.69 Å². The van der Waals surface area contributed by atoms with Gasteiger partial charge in [0.2, 0.25) is 5.91 Å². The van der Waals surface area contributed by atoms with Gasteiger partial charge >= 0.3 is 5.76 Å². The molecule has 1 aromatic carbocycles. The molecular formula is C14H19N3O3. The summed E-state index contributed by atoms with van der Waals surface area (Å²) in [6.07, 6.45) is 0. The molecule has 20 heavy (non-hydrogen) atoms. The Balaban J connectivity index is 2.11. The van der Waals surface area contributed by atoms with Crippen LogP contribution < -0.4 is 16.4 Å². The van der Waals surface area contributed by atoms with E-state index >= 15 is 0 Å². The van der Waals surface area contributed by atoms with Gasteiger partial charge in [-0.15, -0.1) is 0 Å². The molecule has 1 unspecified atom stereocenters. The van der Waals surface area contributed by atoms with Crippen LogP contribution in [0.2, 0.25) is 0 Å². The topological polar surface area (TPSA) is 87.1 Å². The smallest absolute Gasteiger partial charge is 0.408 e. The summed E-state index contributed by atoms with van der Waals surface area (Å²) in [5, 5.41) is 5.99. The standard InChI is InChI=1S/C14H19N3O3/c1-8(12(18)17-14(2,3)4)15-9-5-6-11-10(7-9)16-13(19)20-11/h5-8,15H,1-4H3,(H,16,19)(H,17,18). The summed E-state index contributed by atoms with van der Waals surface area (Å²) in [5.41, 5.74) is 1.56. The van der Waals surface area contributed by atoms with Crippen molar-refractivity contribution in [3.8, 4) is 0 Å². The minimum atomic E-state index is -0.490. The van der Waals surface area contributed by atoms with E-state index in [4.69, 9.17) is 4.42 Å². The van der Waals surface area contributed by atoms with Gasteiger partial charge in [-0.05, 0) is 45.9 Å². The summed E-state index contributed by atoms with van der Waals surface area (Å²) in [6, 6.07) is 4.80. The van der Waals surface area contributed by atoms with Crippen LogP contribution in [0.4, 0.5) is 5.69 Å². The first-order chi connectivity index (χ1) is 9.24. The monoisotopic (exact) mass is 277 g/mol. The Morgan fingerprint density at radius 1 is 1.35 bits per heavy atom. The molecular weight excluding hydrogens is 258 g/mol. The molecule has 1 atom stereocenters. The van der Waals surface area contributed by atoms with Gasteiger partial charge in [0.05, 0.1) is 5.52 Å². The van der Waals surface area contributed by atoms with E-state index in [0.29, 0.717) is 11.1 Å². The molecule has 1 amide bonds. The number of fused-ring (bicyclic) bond motifs is 1. The second-order valence-corrected chi connectivity index (χ2v) is 5.83. The van der Waals surface area contributed by atoms with Crippen molar-refractivity contribution in [2.24, 2.45) is 0 Å². The number of nitrogens with one attached hydrogen (secondary N) is 3. The van der Waals surface area contributed by atoms with Crippen molar-refractivity contribution in [1.82, 2.24) is 10.3 Å². The molecule has 0 radical (unpaired) electrons. The lowest BCUT2D eigenvalue weighted by atomic mass is 10.1. The zero-order chi connectivity index (χ0) is 14.9. The van der Waals surface area contributed by atoms with Crippen LogP contribution in [0, 0.1) is 0 Å². The number of hydrogen-bond donors (Lipinski definition) is 3. The Morgan fingerprint density at radius 3 is 2.70 bits per heavy atom. The zero-order valence-corrected chi connectivity index (χ0v) is 12.0. The number of aromatic amines is 1. The van der Waals surface area contributed by atoms with Crippen molar-refractivity contribution in [2.45, 2.75) is 39.3 Å². The van der Waals surface area contributed by atoms with Crippen molar-refractivity contribution in [3.05, 3.63) is 28.7 Å². The minimum absolute atomic E-state index is 0.0849. The van der Waals surface area contributed by atoms with E-state index < -0.39 is 5.76 Å². The average Bonchev–Trinajstić information content (AvgIpc) is 2.66. The maximum absolute atomic E-state index is 12.0. The Hall–Kier alpha value is -2.24. The molecule has 0 aliphatic rings.